The molecule has 1 aliphatic heterocycles. The summed E-state index contributed by atoms with van der Waals surface area (Å²) >= 11 is 0. The van der Waals surface area contributed by atoms with Gasteiger partial charge in [0.2, 0.25) is 5.91 Å². The molecule has 0 spiro atoms. The van der Waals surface area contributed by atoms with Gasteiger partial charge in [0.1, 0.15) is 6.54 Å². The van der Waals surface area contributed by atoms with Crippen LogP contribution in [0.5, 0.6) is 0 Å². The van der Waals surface area contributed by atoms with Crippen LogP contribution in [0.4, 0.5) is 0 Å². The number of amides is 1. The van der Waals surface area contributed by atoms with Gasteiger partial charge in [0, 0.05) is 6.08 Å². The Morgan fingerprint density at radius 2 is 1.79 bits per heavy atom. The molecule has 0 bridgehead atoms. The topological polar surface area (TPSA) is 70.5 Å². The molecule has 6 heteroatoms. The summed E-state index contributed by atoms with van der Waals surface area (Å²) in [6, 6.07) is 17.2. The highest BCUT2D eigenvalue weighted by Crippen LogP contribution is 2.05. The second-order valence-corrected chi connectivity index (χ2v) is 7.03. The molecule has 1 amide bonds. The maximum Gasteiger partial charge on any atom is 0.258 e. The lowest BCUT2D eigenvalue weighted by molar-refractivity contribution is -0.918. The molecule has 1 aromatic heterocycles. The Kier molecular flexibility index (Phi) is 5.30. The number of carbonyl (C=O) groups is 1. The first kappa shape index (κ1) is 18.1. The Balaban J connectivity index is 1.35. The number of quaternary nitrogens is 1. The van der Waals surface area contributed by atoms with E-state index < -0.39 is 0 Å². The Hall–Kier alpha value is -3.25. The normalized spacial score (nSPS) is 15.4. The van der Waals surface area contributed by atoms with Crippen LogP contribution >= 0.6 is 0 Å². The van der Waals surface area contributed by atoms with Gasteiger partial charge in [-0.2, -0.15) is 0 Å². The van der Waals surface area contributed by atoms with Gasteiger partial charge in [-0.3, -0.25) is 9.59 Å². The highest BCUT2D eigenvalue weighted by Gasteiger charge is 2.23. The summed E-state index contributed by atoms with van der Waals surface area (Å²) in [7, 11) is 0. The van der Waals surface area contributed by atoms with Crippen LogP contribution in [0, 0.1) is 0 Å². The second kappa shape index (κ2) is 8.19. The lowest BCUT2D eigenvalue weighted by Crippen LogP contribution is -3.13. The molecule has 0 aliphatic carbocycles. The molecule has 2 N–H and O–H groups in total. The number of para-hydroxylation sites is 1. The van der Waals surface area contributed by atoms with Gasteiger partial charge in [0.25, 0.3) is 5.56 Å². The van der Waals surface area contributed by atoms with Crippen molar-refractivity contribution in [2.45, 2.75) is 6.54 Å². The van der Waals surface area contributed by atoms with Gasteiger partial charge >= 0.3 is 0 Å². The molecule has 1 saturated heterocycles. The summed E-state index contributed by atoms with van der Waals surface area (Å²) in [5.74, 6) is 0.739. The van der Waals surface area contributed by atoms with Crippen LogP contribution in [0.15, 0.2) is 65.5 Å². The molecule has 1 aliphatic rings. The Bertz CT molecular complexity index is 1050. The summed E-state index contributed by atoms with van der Waals surface area (Å²) < 4.78 is 0. The van der Waals surface area contributed by atoms with E-state index in [0.717, 1.165) is 24.2 Å². The standard InChI is InChI=1S/C22H22N4O2/c27-21(11-10-17-6-2-1-3-7-17)26-14-12-25(13-15-26)16-20-23-19-9-5-4-8-18(19)22(28)24-20/h1-11H,12-16H2,(H,23,24,28)/p+1/b11-10+. The number of aromatic amines is 1. The number of rotatable bonds is 4. The molecule has 28 heavy (non-hydrogen) atoms. The lowest BCUT2D eigenvalue weighted by Gasteiger charge is -2.31. The zero-order chi connectivity index (χ0) is 19.3. The molecule has 0 saturated carbocycles. The van der Waals surface area contributed by atoms with E-state index in [9.17, 15) is 9.59 Å². The summed E-state index contributed by atoms with van der Waals surface area (Å²) in [6.45, 7) is 3.72. The smallest absolute Gasteiger partial charge is 0.258 e. The molecule has 2 heterocycles. The van der Waals surface area contributed by atoms with Crippen LogP contribution in [-0.2, 0) is 11.3 Å². The minimum atomic E-state index is -0.0973. The van der Waals surface area contributed by atoms with Crippen molar-refractivity contribution in [3.63, 3.8) is 0 Å². The monoisotopic (exact) mass is 375 g/mol. The van der Waals surface area contributed by atoms with Crippen LogP contribution in [0.3, 0.4) is 0 Å². The van der Waals surface area contributed by atoms with Crippen molar-refractivity contribution in [3.05, 3.63) is 82.4 Å². The Morgan fingerprint density at radius 1 is 1.07 bits per heavy atom. The molecule has 2 aromatic carbocycles. The maximum absolute atomic E-state index is 12.4. The van der Waals surface area contributed by atoms with E-state index in [0.29, 0.717) is 30.8 Å². The van der Waals surface area contributed by atoms with E-state index in [4.69, 9.17) is 0 Å². The van der Waals surface area contributed by atoms with Crippen LogP contribution in [0.25, 0.3) is 17.0 Å². The Morgan fingerprint density at radius 3 is 2.57 bits per heavy atom. The molecule has 142 valence electrons. The van der Waals surface area contributed by atoms with Gasteiger partial charge in [-0.1, -0.05) is 42.5 Å². The van der Waals surface area contributed by atoms with Gasteiger partial charge < -0.3 is 14.8 Å². The van der Waals surface area contributed by atoms with E-state index in [1.165, 1.54) is 4.90 Å². The minimum Gasteiger partial charge on any atom is -0.328 e. The highest BCUT2D eigenvalue weighted by molar-refractivity contribution is 5.91. The number of piperazine rings is 1. The zero-order valence-corrected chi connectivity index (χ0v) is 15.6. The van der Waals surface area contributed by atoms with E-state index in [1.54, 1.807) is 12.1 Å². The lowest BCUT2D eigenvalue weighted by atomic mass is 10.2. The van der Waals surface area contributed by atoms with E-state index in [2.05, 4.69) is 9.97 Å². The number of benzene rings is 2. The average Bonchev–Trinajstić information content (AvgIpc) is 2.73. The summed E-state index contributed by atoms with van der Waals surface area (Å²) in [4.78, 5) is 35.3. The molecule has 0 unspecified atom stereocenters. The van der Waals surface area contributed by atoms with E-state index >= 15 is 0 Å². The number of H-pyrrole nitrogens is 1. The number of hydrogen-bond acceptors (Lipinski definition) is 3. The van der Waals surface area contributed by atoms with Crippen molar-refractivity contribution in [2.75, 3.05) is 26.2 Å². The van der Waals surface area contributed by atoms with Crippen LogP contribution in [0.1, 0.15) is 11.4 Å². The molecule has 0 atom stereocenters. The van der Waals surface area contributed by atoms with Gasteiger partial charge in [-0.25, -0.2) is 4.98 Å². The number of carbonyl (C=O) groups excluding carboxylic acids is 1. The van der Waals surface area contributed by atoms with Crippen molar-refractivity contribution < 1.29 is 9.69 Å². The van der Waals surface area contributed by atoms with Crippen molar-refractivity contribution in [2.24, 2.45) is 0 Å². The van der Waals surface area contributed by atoms with Crippen molar-refractivity contribution in [1.82, 2.24) is 14.9 Å². The van der Waals surface area contributed by atoms with Crippen molar-refractivity contribution in [1.29, 1.82) is 0 Å². The van der Waals surface area contributed by atoms with Crippen LogP contribution in [0.2, 0.25) is 0 Å². The predicted molar refractivity (Wildman–Crippen MR) is 109 cm³/mol. The quantitative estimate of drug-likeness (QED) is 0.665. The van der Waals surface area contributed by atoms with Gasteiger partial charge in [-0.15, -0.1) is 0 Å². The molecule has 6 nitrogen and oxygen atoms in total. The average molecular weight is 375 g/mol. The zero-order valence-electron chi connectivity index (χ0n) is 15.6. The van der Waals surface area contributed by atoms with Crippen molar-refractivity contribution in [3.8, 4) is 0 Å². The van der Waals surface area contributed by atoms with Gasteiger partial charge in [-0.05, 0) is 23.8 Å². The van der Waals surface area contributed by atoms with Crippen LogP contribution < -0.4 is 10.5 Å². The molecule has 3 aromatic rings. The Labute approximate surface area is 163 Å². The fourth-order valence-corrected chi connectivity index (χ4v) is 3.51. The fraction of sp³-hybridized carbons (Fsp3) is 0.227. The van der Waals surface area contributed by atoms with Crippen LogP contribution in [-0.4, -0.2) is 47.0 Å². The largest absolute Gasteiger partial charge is 0.328 e. The van der Waals surface area contributed by atoms with E-state index in [1.807, 2.05) is 59.5 Å². The molecular formula is C22H23N4O2+. The first-order valence-corrected chi connectivity index (χ1v) is 9.52. The minimum absolute atomic E-state index is 0.0418. The maximum atomic E-state index is 12.4. The van der Waals surface area contributed by atoms with Gasteiger partial charge in [0.15, 0.2) is 5.82 Å². The highest BCUT2D eigenvalue weighted by atomic mass is 16.2. The summed E-state index contributed by atoms with van der Waals surface area (Å²) in [5, 5.41) is 0.613. The third kappa shape index (κ3) is 4.18. The number of fused-ring (bicyclic) bond motifs is 1. The number of nitrogens with zero attached hydrogens (tertiary/aromatic N) is 2. The first-order valence-electron chi connectivity index (χ1n) is 9.52. The first-order chi connectivity index (χ1) is 13.7. The number of nitrogens with one attached hydrogen (secondary N) is 2. The number of hydrogen-bond donors (Lipinski definition) is 2. The van der Waals surface area contributed by atoms with Gasteiger partial charge in [0.05, 0.1) is 37.1 Å². The predicted octanol–water partition coefficient (Wildman–Crippen LogP) is 0.864. The molecule has 0 radical (unpaired) electrons. The SMILES string of the molecule is O=C(/C=C/c1ccccc1)N1CC[NH+](Cc2nc3ccccc3c(=O)[nH]2)CC1. The number of aromatic nitrogens is 2. The third-order valence-corrected chi connectivity index (χ3v) is 5.08. The van der Waals surface area contributed by atoms with Crippen molar-refractivity contribution >= 4 is 22.9 Å². The fourth-order valence-electron chi connectivity index (χ4n) is 3.51. The molecule has 4 rings (SSSR count). The molecular weight excluding hydrogens is 352 g/mol. The summed E-state index contributed by atoms with van der Waals surface area (Å²) in [6.07, 6.45) is 3.49. The second-order valence-electron chi connectivity index (χ2n) is 7.03. The third-order valence-electron chi connectivity index (χ3n) is 5.08. The summed E-state index contributed by atoms with van der Waals surface area (Å²) in [5.41, 5.74) is 1.65. The molecule has 1 fully saturated rings. The van der Waals surface area contributed by atoms with E-state index in [-0.39, 0.29) is 11.5 Å².